The van der Waals surface area contributed by atoms with Gasteiger partial charge in [0.25, 0.3) is 5.56 Å². The van der Waals surface area contributed by atoms with Crippen molar-refractivity contribution < 1.29 is 27.4 Å². The molecule has 0 bridgehead atoms. The van der Waals surface area contributed by atoms with Gasteiger partial charge in [-0.05, 0) is 64.7 Å². The predicted molar refractivity (Wildman–Crippen MR) is 157 cm³/mol. The van der Waals surface area contributed by atoms with Gasteiger partial charge in [0.15, 0.2) is 11.6 Å². The normalized spacial score (nSPS) is 14.8. The molecule has 11 heteroatoms. The summed E-state index contributed by atoms with van der Waals surface area (Å²) in [4.78, 5) is 40.9. The van der Waals surface area contributed by atoms with E-state index in [4.69, 9.17) is 9.47 Å². The second kappa shape index (κ2) is 13.1. The number of aromatic nitrogens is 2. The number of alkyl carbamates (subject to hydrolysis) is 1. The molecule has 1 N–H and O–H groups in total. The average Bonchev–Trinajstić information content (AvgIpc) is 2.94. The van der Waals surface area contributed by atoms with Crippen LogP contribution in [-0.4, -0.2) is 34.0 Å². The van der Waals surface area contributed by atoms with E-state index in [-0.39, 0.29) is 40.6 Å². The molecule has 1 amide bonds. The van der Waals surface area contributed by atoms with Crippen molar-refractivity contribution in [1.29, 1.82) is 0 Å². The fourth-order valence-corrected chi connectivity index (χ4v) is 5.67. The third-order valence-corrected chi connectivity index (χ3v) is 7.82. The summed E-state index contributed by atoms with van der Waals surface area (Å²) in [6.07, 6.45) is 3.67. The van der Waals surface area contributed by atoms with Crippen LogP contribution in [0, 0.1) is 30.3 Å². The second-order valence-electron chi connectivity index (χ2n) is 11.9. The van der Waals surface area contributed by atoms with Gasteiger partial charge in [-0.3, -0.25) is 13.9 Å². The lowest BCUT2D eigenvalue weighted by molar-refractivity contribution is 0.0467. The van der Waals surface area contributed by atoms with Crippen LogP contribution in [0.2, 0.25) is 0 Å². The van der Waals surface area contributed by atoms with Crippen molar-refractivity contribution >= 4 is 6.09 Å². The molecule has 0 spiro atoms. The third kappa shape index (κ3) is 7.14. The SMILES string of the molecule is COc1cccc(-c2c(C)n(Cc3c(F)cccc3F)c(=O)n(C[C@H](NC(=O)OC(C)(C)C)C3CCCCC3)c2=O)c1F. The summed E-state index contributed by atoms with van der Waals surface area (Å²) in [6, 6.07) is 6.94. The molecule has 232 valence electrons. The number of carbonyl (C=O) groups excluding carboxylic acids is 1. The lowest BCUT2D eigenvalue weighted by atomic mass is 9.84. The first-order chi connectivity index (χ1) is 20.3. The van der Waals surface area contributed by atoms with E-state index < -0.39 is 53.0 Å². The number of hydrogen-bond acceptors (Lipinski definition) is 5. The number of halogens is 3. The summed E-state index contributed by atoms with van der Waals surface area (Å²) in [5.74, 6) is -2.75. The van der Waals surface area contributed by atoms with Gasteiger partial charge in [0.1, 0.15) is 17.2 Å². The Morgan fingerprint density at radius 2 is 1.63 bits per heavy atom. The molecular weight excluding hydrogens is 563 g/mol. The first kappa shape index (κ1) is 31.9. The highest BCUT2D eigenvalue weighted by molar-refractivity contribution is 5.68. The summed E-state index contributed by atoms with van der Waals surface area (Å²) in [5.41, 5.74) is -3.08. The molecule has 1 saturated carbocycles. The maximum atomic E-state index is 15.6. The zero-order valence-electron chi connectivity index (χ0n) is 25.1. The standard InChI is InChI=1S/C32H38F3N3O5/c1-19-27(21-13-9-16-26(42-5)28(21)35)29(39)38(31(41)37(19)17-22-23(33)14-10-15-24(22)34)18-25(20-11-7-6-8-12-20)36-30(40)43-32(2,3)4/h9-10,13-16,20,25H,6-8,11-12,17-18H2,1-5H3,(H,36,40)/t25-/m0/s1. The molecule has 0 unspecified atom stereocenters. The zero-order valence-corrected chi connectivity index (χ0v) is 25.1. The molecule has 1 aliphatic rings. The predicted octanol–water partition coefficient (Wildman–Crippen LogP) is 5.93. The van der Waals surface area contributed by atoms with Gasteiger partial charge in [0.05, 0.1) is 31.8 Å². The Morgan fingerprint density at radius 3 is 2.23 bits per heavy atom. The molecule has 1 heterocycles. The van der Waals surface area contributed by atoms with Gasteiger partial charge in [0, 0.05) is 16.8 Å². The lowest BCUT2D eigenvalue weighted by Crippen LogP contribution is -2.51. The van der Waals surface area contributed by atoms with Gasteiger partial charge in [0.2, 0.25) is 0 Å². The first-order valence-corrected chi connectivity index (χ1v) is 14.4. The van der Waals surface area contributed by atoms with E-state index in [1.807, 2.05) is 0 Å². The summed E-state index contributed by atoms with van der Waals surface area (Å²) in [7, 11) is 1.28. The molecule has 0 radical (unpaired) electrons. The number of hydrogen-bond donors (Lipinski definition) is 1. The van der Waals surface area contributed by atoms with Crippen molar-refractivity contribution in [1.82, 2.24) is 14.5 Å². The third-order valence-electron chi connectivity index (χ3n) is 7.82. The molecular formula is C32H38F3N3O5. The van der Waals surface area contributed by atoms with Gasteiger partial charge in [-0.1, -0.05) is 37.5 Å². The Kier molecular flexibility index (Phi) is 9.72. The molecule has 1 atom stereocenters. The Labute approximate surface area is 248 Å². The molecule has 0 saturated heterocycles. The second-order valence-corrected chi connectivity index (χ2v) is 11.9. The van der Waals surface area contributed by atoms with Crippen molar-refractivity contribution in [3.8, 4) is 16.9 Å². The number of nitrogens with one attached hydrogen (secondary N) is 1. The van der Waals surface area contributed by atoms with Crippen LogP contribution in [-0.2, 0) is 17.8 Å². The maximum Gasteiger partial charge on any atom is 0.407 e. The number of rotatable bonds is 8. The van der Waals surface area contributed by atoms with E-state index in [2.05, 4.69) is 5.32 Å². The van der Waals surface area contributed by atoms with Crippen molar-refractivity contribution in [3.05, 3.63) is 85.9 Å². The Balaban J connectivity index is 1.92. The summed E-state index contributed by atoms with van der Waals surface area (Å²) in [6.45, 7) is 5.81. The fourth-order valence-electron chi connectivity index (χ4n) is 5.67. The highest BCUT2D eigenvalue weighted by atomic mass is 19.1. The number of ether oxygens (including phenoxy) is 2. The van der Waals surface area contributed by atoms with Crippen LogP contribution in [0.3, 0.4) is 0 Å². The van der Waals surface area contributed by atoms with E-state index in [1.54, 1.807) is 20.8 Å². The quantitative estimate of drug-likeness (QED) is 0.346. The van der Waals surface area contributed by atoms with Crippen LogP contribution in [0.5, 0.6) is 5.75 Å². The van der Waals surface area contributed by atoms with E-state index >= 15 is 4.39 Å². The lowest BCUT2D eigenvalue weighted by Gasteiger charge is -2.32. The summed E-state index contributed by atoms with van der Waals surface area (Å²) < 4.78 is 57.6. The van der Waals surface area contributed by atoms with Crippen LogP contribution in [0.4, 0.5) is 18.0 Å². The van der Waals surface area contributed by atoms with Crippen LogP contribution < -0.4 is 21.3 Å². The van der Waals surface area contributed by atoms with E-state index in [0.29, 0.717) is 0 Å². The topological polar surface area (TPSA) is 91.6 Å². The molecule has 1 fully saturated rings. The molecule has 4 rings (SSSR count). The number of benzene rings is 2. The van der Waals surface area contributed by atoms with Gasteiger partial charge < -0.3 is 14.8 Å². The average molecular weight is 602 g/mol. The van der Waals surface area contributed by atoms with Crippen LogP contribution in [0.1, 0.15) is 64.1 Å². The van der Waals surface area contributed by atoms with Crippen LogP contribution >= 0.6 is 0 Å². The molecule has 1 aromatic heterocycles. The molecule has 2 aromatic carbocycles. The minimum atomic E-state index is -0.871. The van der Waals surface area contributed by atoms with Crippen molar-refractivity contribution in [2.24, 2.45) is 5.92 Å². The smallest absolute Gasteiger partial charge is 0.407 e. The minimum absolute atomic E-state index is 0.0235. The highest BCUT2D eigenvalue weighted by Crippen LogP contribution is 2.30. The van der Waals surface area contributed by atoms with Crippen LogP contribution in [0.15, 0.2) is 46.0 Å². The number of methoxy groups -OCH3 is 1. The van der Waals surface area contributed by atoms with Gasteiger partial charge in [-0.25, -0.2) is 22.8 Å². The van der Waals surface area contributed by atoms with E-state index in [1.165, 1.54) is 38.3 Å². The Morgan fingerprint density at radius 1 is 1.00 bits per heavy atom. The van der Waals surface area contributed by atoms with Crippen molar-refractivity contribution in [3.63, 3.8) is 0 Å². The molecule has 1 aliphatic carbocycles. The minimum Gasteiger partial charge on any atom is -0.494 e. The summed E-state index contributed by atoms with van der Waals surface area (Å²) >= 11 is 0. The van der Waals surface area contributed by atoms with E-state index in [9.17, 15) is 23.2 Å². The van der Waals surface area contributed by atoms with Gasteiger partial charge >= 0.3 is 11.8 Å². The molecule has 3 aromatic rings. The monoisotopic (exact) mass is 601 g/mol. The molecule has 8 nitrogen and oxygen atoms in total. The fraction of sp³-hybridized carbons (Fsp3) is 0.469. The first-order valence-electron chi connectivity index (χ1n) is 14.4. The van der Waals surface area contributed by atoms with Gasteiger partial charge in [-0.2, -0.15) is 0 Å². The zero-order chi connectivity index (χ0) is 31.5. The number of nitrogens with zero attached hydrogens (tertiary/aromatic N) is 2. The van der Waals surface area contributed by atoms with Crippen molar-refractivity contribution in [2.45, 2.75) is 84.5 Å². The largest absolute Gasteiger partial charge is 0.494 e. The Bertz CT molecular complexity index is 1580. The maximum absolute atomic E-state index is 15.6. The highest BCUT2D eigenvalue weighted by Gasteiger charge is 2.30. The van der Waals surface area contributed by atoms with E-state index in [0.717, 1.165) is 53.4 Å². The Hall–Kier alpha value is -4.02. The molecule has 43 heavy (non-hydrogen) atoms. The summed E-state index contributed by atoms with van der Waals surface area (Å²) in [5, 5.41) is 2.85. The van der Waals surface area contributed by atoms with Gasteiger partial charge in [-0.15, -0.1) is 0 Å². The number of carbonyl (C=O) groups is 1. The van der Waals surface area contributed by atoms with Crippen molar-refractivity contribution in [2.75, 3.05) is 7.11 Å². The number of amides is 1. The molecule has 0 aliphatic heterocycles. The van der Waals surface area contributed by atoms with Crippen LogP contribution in [0.25, 0.3) is 11.1 Å².